The van der Waals surface area contributed by atoms with Crippen LogP contribution >= 0.6 is 24.0 Å². The fourth-order valence-electron chi connectivity index (χ4n) is 2.18. The molecular weight excluding hydrogens is 418 g/mol. The van der Waals surface area contributed by atoms with Crippen LogP contribution in [0.1, 0.15) is 0 Å². The number of halogens is 1. The fourth-order valence-corrected chi connectivity index (χ4v) is 7.02. The Labute approximate surface area is 142 Å². The van der Waals surface area contributed by atoms with Crippen molar-refractivity contribution in [3.05, 3.63) is 91.0 Å². The molecular formula is C18H16AsI. The van der Waals surface area contributed by atoms with Crippen LogP contribution in [-0.2, 0) is 0 Å². The van der Waals surface area contributed by atoms with E-state index in [2.05, 4.69) is 91.0 Å². The topological polar surface area (TPSA) is 0 Å². The molecule has 0 aliphatic heterocycles. The molecule has 0 radical (unpaired) electrons. The number of hydrogen-bond donors (Lipinski definition) is 0. The van der Waals surface area contributed by atoms with Gasteiger partial charge in [0.1, 0.15) is 0 Å². The summed E-state index contributed by atoms with van der Waals surface area (Å²) in [6.45, 7) is 0. The van der Waals surface area contributed by atoms with Crippen LogP contribution in [0.5, 0.6) is 0 Å². The second kappa shape index (κ2) is 7.66. The number of rotatable bonds is 3. The van der Waals surface area contributed by atoms with Crippen molar-refractivity contribution >= 4 is 51.7 Å². The first-order chi connectivity index (χ1) is 9.45. The van der Waals surface area contributed by atoms with Gasteiger partial charge in [0.05, 0.1) is 0 Å². The quantitative estimate of drug-likeness (QED) is 0.440. The third-order valence-corrected chi connectivity index (χ3v) is 8.17. The number of benzene rings is 3. The van der Waals surface area contributed by atoms with E-state index in [4.69, 9.17) is 0 Å². The van der Waals surface area contributed by atoms with Crippen molar-refractivity contribution in [3.63, 3.8) is 0 Å². The van der Waals surface area contributed by atoms with Gasteiger partial charge in [-0.05, 0) is 0 Å². The second-order valence-electron chi connectivity index (χ2n) is 4.34. The molecule has 0 saturated carbocycles. The Kier molecular flexibility index (Phi) is 5.87. The van der Waals surface area contributed by atoms with E-state index in [1.807, 2.05) is 0 Å². The van der Waals surface area contributed by atoms with Gasteiger partial charge in [-0.2, -0.15) is 0 Å². The average molecular weight is 434 g/mol. The molecule has 0 aromatic heterocycles. The Balaban J connectivity index is 0.00000147. The van der Waals surface area contributed by atoms with Crippen LogP contribution < -0.4 is 13.1 Å². The summed E-state index contributed by atoms with van der Waals surface area (Å²) in [6.07, 6.45) is 0. The van der Waals surface area contributed by atoms with E-state index in [0.29, 0.717) is 0 Å². The number of hydrogen-bond acceptors (Lipinski definition) is 0. The molecule has 3 aromatic carbocycles. The van der Waals surface area contributed by atoms with E-state index in [1.54, 1.807) is 0 Å². The molecule has 0 N–H and O–H groups in total. The van der Waals surface area contributed by atoms with E-state index in [1.165, 1.54) is 13.1 Å². The first kappa shape index (κ1) is 15.3. The molecule has 0 saturated heterocycles. The van der Waals surface area contributed by atoms with Crippen molar-refractivity contribution in [3.8, 4) is 0 Å². The Bertz CT molecular complexity index is 529. The van der Waals surface area contributed by atoms with Crippen molar-refractivity contribution in [2.24, 2.45) is 0 Å². The Hall–Kier alpha value is -1.05. The summed E-state index contributed by atoms with van der Waals surface area (Å²) in [6, 6.07) is 32.7. The molecule has 0 aliphatic rings. The van der Waals surface area contributed by atoms with Gasteiger partial charge in [-0.3, -0.25) is 0 Å². The zero-order chi connectivity index (χ0) is 12.9. The molecule has 3 aromatic rings. The predicted molar refractivity (Wildman–Crippen MR) is 99.4 cm³/mol. The van der Waals surface area contributed by atoms with E-state index in [9.17, 15) is 0 Å². The summed E-state index contributed by atoms with van der Waals surface area (Å²) < 4.78 is 4.44. The molecule has 0 atom stereocenters. The Morgan fingerprint density at radius 3 is 0.900 bits per heavy atom. The summed E-state index contributed by atoms with van der Waals surface area (Å²) in [5.41, 5.74) is 0. The van der Waals surface area contributed by atoms with Crippen LogP contribution in [-0.4, -0.2) is 14.7 Å². The van der Waals surface area contributed by atoms with Gasteiger partial charge in [-0.1, -0.05) is 0 Å². The third kappa shape index (κ3) is 3.53. The van der Waals surface area contributed by atoms with Gasteiger partial charge in [0.25, 0.3) is 0 Å². The molecule has 0 heterocycles. The fraction of sp³-hybridized carbons (Fsp3) is 0. The first-order valence-electron chi connectivity index (χ1n) is 6.40. The normalized spacial score (nSPS) is 10.1. The van der Waals surface area contributed by atoms with Gasteiger partial charge in [-0.15, -0.1) is 24.0 Å². The molecule has 20 heavy (non-hydrogen) atoms. The summed E-state index contributed by atoms with van der Waals surface area (Å²) in [5.74, 6) is 0. The summed E-state index contributed by atoms with van der Waals surface area (Å²) in [4.78, 5) is 0. The van der Waals surface area contributed by atoms with Crippen LogP contribution in [0.2, 0.25) is 0 Å². The SMILES string of the molecule is I.c1ccc([As](c2ccccc2)c2ccccc2)cc1. The van der Waals surface area contributed by atoms with Crippen LogP contribution in [0.25, 0.3) is 0 Å². The molecule has 100 valence electrons. The molecule has 0 bridgehead atoms. The van der Waals surface area contributed by atoms with Gasteiger partial charge in [0.15, 0.2) is 0 Å². The van der Waals surface area contributed by atoms with Gasteiger partial charge in [0.2, 0.25) is 0 Å². The molecule has 0 fully saturated rings. The van der Waals surface area contributed by atoms with Crippen LogP contribution in [0, 0.1) is 0 Å². The average Bonchev–Trinajstić information content (AvgIpc) is 2.51. The molecule has 0 amide bonds. The molecule has 0 spiro atoms. The van der Waals surface area contributed by atoms with Gasteiger partial charge < -0.3 is 0 Å². The van der Waals surface area contributed by atoms with Crippen molar-refractivity contribution in [2.45, 2.75) is 0 Å². The van der Waals surface area contributed by atoms with Crippen LogP contribution in [0.15, 0.2) is 91.0 Å². The molecule has 0 aliphatic carbocycles. The summed E-state index contributed by atoms with van der Waals surface area (Å²) in [7, 11) is 0. The van der Waals surface area contributed by atoms with Gasteiger partial charge in [0, 0.05) is 0 Å². The summed E-state index contributed by atoms with van der Waals surface area (Å²) in [5, 5.41) is 0. The summed E-state index contributed by atoms with van der Waals surface area (Å²) >= 11 is -1.39. The van der Waals surface area contributed by atoms with Crippen LogP contribution in [0.3, 0.4) is 0 Å². The Morgan fingerprint density at radius 2 is 0.650 bits per heavy atom. The second-order valence-corrected chi connectivity index (χ2v) is 9.00. The standard InChI is InChI=1S/C18H15As.HI/c1-4-10-16(11-5-1)19(17-12-6-2-7-13-17)18-14-8-3-9-15-18;/h1-15H;1H. The van der Waals surface area contributed by atoms with Crippen molar-refractivity contribution in [1.29, 1.82) is 0 Å². The molecule has 3 rings (SSSR count). The first-order valence-corrected chi connectivity index (χ1v) is 9.22. The van der Waals surface area contributed by atoms with Gasteiger partial charge >= 0.3 is 119 Å². The molecule has 0 unspecified atom stereocenters. The minimum absolute atomic E-state index is 0. The van der Waals surface area contributed by atoms with Crippen molar-refractivity contribution in [1.82, 2.24) is 0 Å². The predicted octanol–water partition coefficient (Wildman–Crippen LogP) is 2.82. The van der Waals surface area contributed by atoms with E-state index >= 15 is 0 Å². The maximum absolute atomic E-state index is 2.26. The zero-order valence-electron chi connectivity index (χ0n) is 11.0. The molecule has 0 nitrogen and oxygen atoms in total. The Morgan fingerprint density at radius 1 is 0.400 bits per heavy atom. The zero-order valence-corrected chi connectivity index (χ0v) is 15.2. The van der Waals surface area contributed by atoms with E-state index in [-0.39, 0.29) is 24.0 Å². The van der Waals surface area contributed by atoms with Gasteiger partial charge in [-0.25, -0.2) is 0 Å². The van der Waals surface area contributed by atoms with E-state index in [0.717, 1.165) is 0 Å². The third-order valence-electron chi connectivity index (χ3n) is 3.04. The minimum atomic E-state index is -1.39. The monoisotopic (exact) mass is 434 g/mol. The van der Waals surface area contributed by atoms with E-state index < -0.39 is 14.7 Å². The maximum atomic E-state index is 2.26. The van der Waals surface area contributed by atoms with Crippen LogP contribution in [0.4, 0.5) is 0 Å². The van der Waals surface area contributed by atoms with Crippen molar-refractivity contribution in [2.75, 3.05) is 0 Å². The molecule has 2 heteroatoms. The van der Waals surface area contributed by atoms with Crippen molar-refractivity contribution < 1.29 is 0 Å².